The zero-order valence-corrected chi connectivity index (χ0v) is 13.0. The normalized spacial score (nSPS) is 10.4. The minimum Gasteiger partial charge on any atom is -0.285 e. The molecule has 3 rings (SSSR count). The van der Waals surface area contributed by atoms with Crippen molar-refractivity contribution in [3.8, 4) is 29.5 Å². The van der Waals surface area contributed by atoms with Crippen LogP contribution in [0.15, 0.2) is 34.2 Å². The van der Waals surface area contributed by atoms with Gasteiger partial charge in [-0.1, -0.05) is 29.8 Å². The maximum absolute atomic E-state index is 12.2. The lowest BCUT2D eigenvalue weighted by atomic mass is 10.0. The number of benzene rings is 1. The molecular formula is C16H11N5OS. The van der Waals surface area contributed by atoms with Gasteiger partial charge in [0.25, 0.3) is 0 Å². The van der Waals surface area contributed by atoms with E-state index >= 15 is 0 Å². The molecule has 0 aliphatic heterocycles. The number of nitrogens with one attached hydrogen (secondary N) is 1. The van der Waals surface area contributed by atoms with Crippen LogP contribution in [0.5, 0.6) is 0 Å². The smallest absolute Gasteiger partial charge is 0.285 e. The summed E-state index contributed by atoms with van der Waals surface area (Å²) in [5, 5.41) is 13.6. The third-order valence-corrected chi connectivity index (χ3v) is 4.02. The quantitative estimate of drug-likeness (QED) is 0.589. The highest BCUT2D eigenvalue weighted by Gasteiger charge is 2.16. The molecule has 1 aromatic carbocycles. The van der Waals surface area contributed by atoms with Gasteiger partial charge in [-0.15, -0.1) is 6.42 Å². The Bertz CT molecular complexity index is 1020. The van der Waals surface area contributed by atoms with Gasteiger partial charge in [0.05, 0.1) is 23.1 Å². The Hall–Kier alpha value is -3.03. The number of rotatable bonds is 3. The fourth-order valence-electron chi connectivity index (χ4n) is 2.26. The molecule has 0 amide bonds. The Labute approximate surface area is 136 Å². The Morgan fingerprint density at radius 2 is 2.13 bits per heavy atom. The lowest BCUT2D eigenvalue weighted by Gasteiger charge is -2.02. The van der Waals surface area contributed by atoms with Crippen molar-refractivity contribution in [3.05, 3.63) is 46.0 Å². The number of nitriles is 1. The molecule has 0 atom stereocenters. The molecule has 112 valence electrons. The lowest BCUT2D eigenvalue weighted by Crippen LogP contribution is -2.19. The molecule has 0 aliphatic rings. The molecule has 0 saturated heterocycles. The predicted molar refractivity (Wildman–Crippen MR) is 88.1 cm³/mol. The number of aryl methyl sites for hydroxylation is 1. The minimum atomic E-state index is -0.363. The standard InChI is InChI=1S/C16H11N5OS/c1-3-8-23-15-18-14-13(10(2)20-21(14)16(22)19-15)12-6-4-11(9-17)5-7-12/h1,4-7H,8H2,2H3,(H,18,19,22). The van der Waals surface area contributed by atoms with Gasteiger partial charge in [-0.2, -0.15) is 14.9 Å². The van der Waals surface area contributed by atoms with Crippen molar-refractivity contribution < 1.29 is 0 Å². The number of H-pyrrole nitrogens is 1. The van der Waals surface area contributed by atoms with Crippen LogP contribution in [0, 0.1) is 30.6 Å². The molecule has 0 radical (unpaired) electrons. The van der Waals surface area contributed by atoms with Crippen molar-refractivity contribution in [3.63, 3.8) is 0 Å². The second kappa shape index (κ2) is 5.99. The summed E-state index contributed by atoms with van der Waals surface area (Å²) in [6.45, 7) is 1.82. The summed E-state index contributed by atoms with van der Waals surface area (Å²) in [5.74, 6) is 2.91. The monoisotopic (exact) mass is 321 g/mol. The highest BCUT2D eigenvalue weighted by molar-refractivity contribution is 7.99. The van der Waals surface area contributed by atoms with Crippen LogP contribution in [0.2, 0.25) is 0 Å². The highest BCUT2D eigenvalue weighted by atomic mass is 32.2. The SMILES string of the molecule is C#CCSc1nc2c(-c3ccc(C#N)cc3)c(C)nn2c(=O)[nH]1. The zero-order valence-electron chi connectivity index (χ0n) is 12.2. The van der Waals surface area contributed by atoms with E-state index in [-0.39, 0.29) is 5.69 Å². The van der Waals surface area contributed by atoms with Crippen LogP contribution in [0.4, 0.5) is 0 Å². The molecule has 3 aromatic rings. The number of aromatic amines is 1. The fourth-order valence-corrected chi connectivity index (χ4v) is 2.79. The third kappa shape index (κ3) is 2.70. The maximum Gasteiger partial charge on any atom is 0.350 e. The lowest BCUT2D eigenvalue weighted by molar-refractivity contribution is 0.780. The first-order valence-corrected chi connectivity index (χ1v) is 7.69. The number of aromatic nitrogens is 4. The predicted octanol–water partition coefficient (Wildman–Crippen LogP) is 1.99. The van der Waals surface area contributed by atoms with Gasteiger partial charge < -0.3 is 0 Å². The Morgan fingerprint density at radius 3 is 2.78 bits per heavy atom. The number of nitrogens with zero attached hydrogens (tertiary/aromatic N) is 4. The van der Waals surface area contributed by atoms with Crippen LogP contribution in [0.25, 0.3) is 16.8 Å². The summed E-state index contributed by atoms with van der Waals surface area (Å²) in [6.07, 6.45) is 5.24. The maximum atomic E-state index is 12.2. The molecule has 1 N–H and O–H groups in total. The van der Waals surface area contributed by atoms with Crippen molar-refractivity contribution in [1.29, 1.82) is 5.26 Å². The molecule has 7 heteroatoms. The van der Waals surface area contributed by atoms with Crippen molar-refractivity contribution in [2.75, 3.05) is 5.75 Å². The second-order valence-corrected chi connectivity index (χ2v) is 5.69. The van der Waals surface area contributed by atoms with E-state index in [1.807, 2.05) is 19.1 Å². The van der Waals surface area contributed by atoms with Crippen LogP contribution in [0.3, 0.4) is 0 Å². The molecule has 6 nitrogen and oxygen atoms in total. The second-order valence-electron chi connectivity index (χ2n) is 4.72. The summed E-state index contributed by atoms with van der Waals surface area (Å²) >= 11 is 1.28. The molecule has 2 aromatic heterocycles. The highest BCUT2D eigenvalue weighted by Crippen LogP contribution is 2.27. The van der Waals surface area contributed by atoms with E-state index in [9.17, 15) is 4.79 Å². The van der Waals surface area contributed by atoms with Crippen molar-refractivity contribution >= 4 is 17.4 Å². The average molecular weight is 321 g/mol. The molecule has 0 bridgehead atoms. The van der Waals surface area contributed by atoms with E-state index in [4.69, 9.17) is 11.7 Å². The minimum absolute atomic E-state index is 0.363. The number of hydrogen-bond acceptors (Lipinski definition) is 5. The van der Waals surface area contributed by atoms with Gasteiger partial charge in [-0.3, -0.25) is 4.98 Å². The van der Waals surface area contributed by atoms with E-state index < -0.39 is 0 Å². The number of terminal acetylenes is 1. The van der Waals surface area contributed by atoms with Crippen molar-refractivity contribution in [2.24, 2.45) is 0 Å². The number of thioether (sulfide) groups is 1. The van der Waals surface area contributed by atoms with E-state index in [0.717, 1.165) is 11.1 Å². The van der Waals surface area contributed by atoms with Crippen molar-refractivity contribution in [1.82, 2.24) is 19.6 Å². The topological polar surface area (TPSA) is 86.8 Å². The molecule has 23 heavy (non-hydrogen) atoms. The third-order valence-electron chi connectivity index (χ3n) is 3.24. The Kier molecular flexibility index (Phi) is 3.88. The van der Waals surface area contributed by atoms with Crippen LogP contribution in [-0.2, 0) is 0 Å². The van der Waals surface area contributed by atoms with Gasteiger partial charge in [0.2, 0.25) is 0 Å². The van der Waals surface area contributed by atoms with Gasteiger partial charge in [0, 0.05) is 5.56 Å². The first-order valence-electron chi connectivity index (χ1n) is 6.70. The van der Waals surface area contributed by atoms with Gasteiger partial charge in [-0.25, -0.2) is 9.78 Å². The summed E-state index contributed by atoms with van der Waals surface area (Å²) < 4.78 is 1.24. The summed E-state index contributed by atoms with van der Waals surface area (Å²) in [7, 11) is 0. The van der Waals surface area contributed by atoms with Gasteiger partial charge in [-0.05, 0) is 24.6 Å². The first-order chi connectivity index (χ1) is 11.1. The van der Waals surface area contributed by atoms with Crippen LogP contribution in [-0.4, -0.2) is 25.3 Å². The summed E-state index contributed by atoms with van der Waals surface area (Å²) in [6, 6.07) is 9.16. The zero-order chi connectivity index (χ0) is 16.4. The largest absolute Gasteiger partial charge is 0.350 e. The van der Waals surface area contributed by atoms with Crippen molar-refractivity contribution in [2.45, 2.75) is 12.1 Å². The van der Waals surface area contributed by atoms with E-state index in [2.05, 4.69) is 27.1 Å². The Morgan fingerprint density at radius 1 is 1.39 bits per heavy atom. The molecule has 0 aliphatic carbocycles. The Balaban J connectivity index is 2.21. The van der Waals surface area contributed by atoms with Crippen LogP contribution in [0.1, 0.15) is 11.3 Å². The van der Waals surface area contributed by atoms with Gasteiger partial charge in [0.15, 0.2) is 10.8 Å². The van der Waals surface area contributed by atoms with E-state index in [1.165, 1.54) is 16.3 Å². The number of fused-ring (bicyclic) bond motifs is 1. The fraction of sp³-hybridized carbons (Fsp3) is 0.125. The molecule has 0 fully saturated rings. The van der Waals surface area contributed by atoms with Gasteiger partial charge >= 0.3 is 5.69 Å². The summed E-state index contributed by atoms with van der Waals surface area (Å²) in [4.78, 5) is 19.3. The van der Waals surface area contributed by atoms with Crippen LogP contribution < -0.4 is 5.69 Å². The van der Waals surface area contributed by atoms with Gasteiger partial charge in [0.1, 0.15) is 0 Å². The molecule has 2 heterocycles. The average Bonchev–Trinajstić information content (AvgIpc) is 2.90. The van der Waals surface area contributed by atoms with Crippen LogP contribution >= 0.6 is 11.8 Å². The first kappa shape index (κ1) is 14.9. The molecule has 0 unspecified atom stereocenters. The van der Waals surface area contributed by atoms with E-state index in [1.54, 1.807) is 12.1 Å². The molecule has 0 saturated carbocycles. The number of hydrogen-bond donors (Lipinski definition) is 1. The summed E-state index contributed by atoms with van der Waals surface area (Å²) in [5.41, 5.74) is 2.98. The molecule has 0 spiro atoms. The molecular weight excluding hydrogens is 310 g/mol. The van der Waals surface area contributed by atoms with E-state index in [0.29, 0.717) is 27.8 Å².